The zero-order valence-electron chi connectivity index (χ0n) is 14.7. The molecule has 1 saturated heterocycles. The van der Waals surface area contributed by atoms with E-state index in [4.69, 9.17) is 0 Å². The molecule has 0 spiro atoms. The number of piperidine rings is 1. The van der Waals surface area contributed by atoms with Crippen LogP contribution in [0, 0.1) is 5.92 Å². The summed E-state index contributed by atoms with van der Waals surface area (Å²) in [6, 6.07) is 8.81. The highest BCUT2D eigenvalue weighted by Crippen LogP contribution is 2.19. The third-order valence-corrected chi connectivity index (χ3v) is 4.84. The number of anilines is 1. The lowest BCUT2D eigenvalue weighted by atomic mass is 9.99. The molecule has 1 aromatic rings. The highest BCUT2D eigenvalue weighted by molar-refractivity contribution is 14.0. The smallest absolute Gasteiger partial charge is 0.193 e. The Balaban J connectivity index is 0.00000208. The molecule has 1 aromatic carbocycles. The van der Waals surface area contributed by atoms with Crippen molar-refractivity contribution in [3.63, 3.8) is 0 Å². The van der Waals surface area contributed by atoms with E-state index < -0.39 is 0 Å². The molecule has 0 unspecified atom stereocenters. The third kappa shape index (κ3) is 4.88. The quantitative estimate of drug-likeness (QED) is 0.338. The minimum atomic E-state index is 0. The monoisotopic (exact) mass is 440 g/mol. The second-order valence-electron chi connectivity index (χ2n) is 6.62. The van der Waals surface area contributed by atoms with Crippen molar-refractivity contribution in [2.75, 3.05) is 38.1 Å². The average molecular weight is 440 g/mol. The van der Waals surface area contributed by atoms with Crippen LogP contribution >= 0.6 is 24.0 Å². The maximum atomic E-state index is 4.46. The molecular weight excluding hydrogens is 411 g/mol. The van der Waals surface area contributed by atoms with Gasteiger partial charge in [0, 0.05) is 45.5 Å². The normalized spacial score (nSPS) is 18.7. The van der Waals surface area contributed by atoms with Crippen LogP contribution in [0.15, 0.2) is 41.4 Å². The molecule has 0 aromatic heterocycles. The van der Waals surface area contributed by atoms with E-state index in [1.807, 2.05) is 7.05 Å². The van der Waals surface area contributed by atoms with Crippen LogP contribution in [-0.2, 0) is 6.54 Å². The summed E-state index contributed by atoms with van der Waals surface area (Å²) in [6.07, 6.45) is 6.98. The van der Waals surface area contributed by atoms with Crippen molar-refractivity contribution in [1.82, 2.24) is 10.2 Å². The van der Waals surface area contributed by atoms with Crippen molar-refractivity contribution < 1.29 is 0 Å². The molecule has 1 N–H and O–H groups in total. The van der Waals surface area contributed by atoms with E-state index in [9.17, 15) is 0 Å². The molecule has 2 heterocycles. The minimum Gasteiger partial charge on any atom is -0.364 e. The number of hydrogen-bond donors (Lipinski definition) is 1. The predicted octanol–water partition coefficient (Wildman–Crippen LogP) is 3.49. The first-order chi connectivity index (χ1) is 11.3. The molecule has 4 nitrogen and oxygen atoms in total. The molecule has 0 aliphatic carbocycles. The van der Waals surface area contributed by atoms with Crippen LogP contribution in [0.4, 0.5) is 5.69 Å². The van der Waals surface area contributed by atoms with Gasteiger partial charge in [0.05, 0.1) is 0 Å². The predicted molar refractivity (Wildman–Crippen MR) is 113 cm³/mol. The largest absolute Gasteiger partial charge is 0.364 e. The van der Waals surface area contributed by atoms with Crippen molar-refractivity contribution in [1.29, 1.82) is 0 Å². The fourth-order valence-corrected chi connectivity index (χ4v) is 3.29. The Labute approximate surface area is 163 Å². The molecule has 3 rings (SSSR count). The number of nitrogens with one attached hydrogen (secondary N) is 1. The number of halogens is 1. The lowest BCUT2D eigenvalue weighted by molar-refractivity contribution is 0.273. The zero-order valence-corrected chi connectivity index (χ0v) is 17.1. The molecule has 1 fully saturated rings. The summed E-state index contributed by atoms with van der Waals surface area (Å²) < 4.78 is 0. The van der Waals surface area contributed by atoms with Crippen LogP contribution < -0.4 is 10.2 Å². The topological polar surface area (TPSA) is 30.9 Å². The molecule has 2 aliphatic rings. The molecule has 0 amide bonds. The second kappa shape index (κ2) is 9.30. The zero-order chi connectivity index (χ0) is 16.1. The first-order valence-corrected chi connectivity index (χ1v) is 8.71. The number of guanidine groups is 1. The van der Waals surface area contributed by atoms with Crippen molar-refractivity contribution >= 4 is 35.6 Å². The van der Waals surface area contributed by atoms with E-state index in [0.29, 0.717) is 0 Å². The molecule has 0 radical (unpaired) electrons. The summed E-state index contributed by atoms with van der Waals surface area (Å²) in [5.41, 5.74) is 2.61. The first-order valence-electron chi connectivity index (χ1n) is 8.71. The number of likely N-dealkylation sites (tertiary alicyclic amines) is 1. The van der Waals surface area contributed by atoms with Crippen LogP contribution in [0.25, 0.3) is 0 Å². The lowest BCUT2D eigenvalue weighted by Gasteiger charge is -2.33. The lowest BCUT2D eigenvalue weighted by Crippen LogP contribution is -2.45. The summed E-state index contributed by atoms with van der Waals surface area (Å²) in [5.74, 6) is 1.88. The molecule has 24 heavy (non-hydrogen) atoms. The molecule has 5 heteroatoms. The van der Waals surface area contributed by atoms with E-state index in [1.54, 1.807) is 0 Å². The minimum absolute atomic E-state index is 0. The summed E-state index contributed by atoms with van der Waals surface area (Å²) in [5, 5.41) is 3.53. The van der Waals surface area contributed by atoms with Gasteiger partial charge in [0.2, 0.25) is 0 Å². The van der Waals surface area contributed by atoms with Gasteiger partial charge in [0.1, 0.15) is 0 Å². The van der Waals surface area contributed by atoms with Gasteiger partial charge in [-0.25, -0.2) is 0 Å². The van der Waals surface area contributed by atoms with Gasteiger partial charge in [-0.2, -0.15) is 0 Å². The summed E-state index contributed by atoms with van der Waals surface area (Å²) >= 11 is 0. The molecule has 0 atom stereocenters. The molecule has 2 aliphatic heterocycles. The van der Waals surface area contributed by atoms with Gasteiger partial charge >= 0.3 is 0 Å². The summed E-state index contributed by atoms with van der Waals surface area (Å²) in [6.45, 7) is 7.43. The van der Waals surface area contributed by atoms with Gasteiger partial charge in [-0.15, -0.1) is 24.0 Å². The number of benzene rings is 1. The fourth-order valence-electron chi connectivity index (χ4n) is 3.29. The maximum Gasteiger partial charge on any atom is 0.193 e. The SMILES string of the molecule is CN=C(NCc1cccc(N2CC=CC2)c1)N1CCC(C)CC1.I. The number of hydrogen-bond acceptors (Lipinski definition) is 2. The van der Waals surface area contributed by atoms with E-state index in [1.165, 1.54) is 24.1 Å². The Morgan fingerprint density at radius 2 is 1.92 bits per heavy atom. The van der Waals surface area contributed by atoms with Crippen molar-refractivity contribution in [3.8, 4) is 0 Å². The Hall–Kier alpha value is -1.24. The number of aliphatic imine (C=N–C) groups is 1. The van der Waals surface area contributed by atoms with Gasteiger partial charge in [0.15, 0.2) is 5.96 Å². The molecule has 0 saturated carbocycles. The van der Waals surface area contributed by atoms with Gasteiger partial charge in [-0.3, -0.25) is 4.99 Å². The summed E-state index contributed by atoms with van der Waals surface area (Å²) in [4.78, 5) is 9.23. The Morgan fingerprint density at radius 1 is 1.21 bits per heavy atom. The standard InChI is InChI=1S/C19H28N4.HI/c1-16-8-12-23(13-9-16)19(20-2)21-15-17-6-5-7-18(14-17)22-10-3-4-11-22;/h3-7,14,16H,8-13,15H2,1-2H3,(H,20,21);1H. The molecule has 132 valence electrons. The van der Waals surface area contributed by atoms with Crippen molar-refractivity contribution in [2.45, 2.75) is 26.3 Å². The van der Waals surface area contributed by atoms with Crippen molar-refractivity contribution in [3.05, 3.63) is 42.0 Å². The van der Waals surface area contributed by atoms with Crippen LogP contribution in [0.2, 0.25) is 0 Å². The Bertz CT molecular complexity index is 568. The highest BCUT2D eigenvalue weighted by atomic mass is 127. The van der Waals surface area contributed by atoms with Crippen LogP contribution in [0.1, 0.15) is 25.3 Å². The summed E-state index contributed by atoms with van der Waals surface area (Å²) in [7, 11) is 1.88. The molecule has 0 bridgehead atoms. The second-order valence-corrected chi connectivity index (χ2v) is 6.62. The van der Waals surface area contributed by atoms with Crippen molar-refractivity contribution in [2.24, 2.45) is 10.9 Å². The van der Waals surface area contributed by atoms with E-state index in [-0.39, 0.29) is 24.0 Å². The van der Waals surface area contributed by atoms with Crippen LogP contribution in [-0.4, -0.2) is 44.1 Å². The van der Waals surface area contributed by atoms with Gasteiger partial charge in [0.25, 0.3) is 0 Å². The molecular formula is C19H29IN4. The van der Waals surface area contributed by atoms with E-state index >= 15 is 0 Å². The fraction of sp³-hybridized carbons (Fsp3) is 0.526. The van der Waals surface area contributed by atoms with E-state index in [2.05, 4.69) is 63.5 Å². The van der Waals surface area contributed by atoms with Gasteiger partial charge in [-0.05, 0) is 36.5 Å². The third-order valence-electron chi connectivity index (χ3n) is 4.84. The average Bonchev–Trinajstić information content (AvgIpc) is 3.12. The first kappa shape index (κ1) is 19.1. The number of rotatable bonds is 3. The maximum absolute atomic E-state index is 4.46. The van der Waals surface area contributed by atoms with Crippen LogP contribution in [0.5, 0.6) is 0 Å². The van der Waals surface area contributed by atoms with Crippen LogP contribution in [0.3, 0.4) is 0 Å². The van der Waals surface area contributed by atoms with Gasteiger partial charge < -0.3 is 15.1 Å². The van der Waals surface area contributed by atoms with E-state index in [0.717, 1.165) is 44.6 Å². The van der Waals surface area contributed by atoms with Gasteiger partial charge in [-0.1, -0.05) is 31.2 Å². The number of nitrogens with zero attached hydrogens (tertiary/aromatic N) is 3. The Morgan fingerprint density at radius 3 is 2.58 bits per heavy atom. The highest BCUT2D eigenvalue weighted by Gasteiger charge is 2.18. The Kier molecular flexibility index (Phi) is 7.40.